The van der Waals surface area contributed by atoms with Crippen molar-refractivity contribution in [3.63, 3.8) is 0 Å². The average molecular weight is 396 g/mol. The summed E-state index contributed by atoms with van der Waals surface area (Å²) >= 11 is 6.09. The fourth-order valence-electron chi connectivity index (χ4n) is 3.52. The van der Waals surface area contributed by atoms with Crippen molar-refractivity contribution in [2.45, 2.75) is 13.5 Å². The summed E-state index contributed by atoms with van der Waals surface area (Å²) < 4.78 is 1.76. The van der Waals surface area contributed by atoms with Crippen LogP contribution >= 0.6 is 11.6 Å². The van der Waals surface area contributed by atoms with Crippen LogP contribution < -0.4 is 0 Å². The van der Waals surface area contributed by atoms with Crippen molar-refractivity contribution in [3.8, 4) is 5.69 Å². The van der Waals surface area contributed by atoms with Crippen LogP contribution in [0.4, 0.5) is 0 Å². The van der Waals surface area contributed by atoms with Crippen molar-refractivity contribution >= 4 is 17.5 Å². The molecule has 3 heterocycles. The van der Waals surface area contributed by atoms with E-state index >= 15 is 0 Å². The van der Waals surface area contributed by atoms with Crippen LogP contribution in [0, 0.1) is 6.92 Å². The second kappa shape index (κ2) is 8.12. The number of nitrogens with zero attached hydrogens (tertiary/aromatic N) is 5. The Morgan fingerprint density at radius 2 is 1.93 bits per heavy atom. The number of carbonyl (C=O) groups excluding carboxylic acids is 1. The maximum absolute atomic E-state index is 13.0. The standard InChI is InChI=1S/C21H22ClN5O/c1-16-20(14-24-27(16)19-6-2-5-18(22)12-19)21(28)26-10-8-25(9-11-26)15-17-4-3-7-23-13-17/h2-7,12-14H,8-11,15H2,1H3. The fraction of sp³-hybridized carbons (Fsp3) is 0.286. The van der Waals surface area contributed by atoms with Crippen LogP contribution in [-0.4, -0.2) is 56.7 Å². The molecular weight excluding hydrogens is 374 g/mol. The lowest BCUT2D eigenvalue weighted by molar-refractivity contribution is 0.0627. The molecule has 0 N–H and O–H groups in total. The number of pyridine rings is 1. The maximum atomic E-state index is 13.0. The smallest absolute Gasteiger partial charge is 0.257 e. The van der Waals surface area contributed by atoms with E-state index in [9.17, 15) is 4.79 Å². The Bertz CT molecular complexity index is 964. The molecule has 0 bridgehead atoms. The molecule has 1 aromatic carbocycles. The summed E-state index contributed by atoms with van der Waals surface area (Å²) in [5.41, 5.74) is 3.51. The number of hydrogen-bond acceptors (Lipinski definition) is 4. The van der Waals surface area contributed by atoms with Crippen molar-refractivity contribution in [1.29, 1.82) is 0 Å². The lowest BCUT2D eigenvalue weighted by Crippen LogP contribution is -2.48. The number of benzene rings is 1. The highest BCUT2D eigenvalue weighted by atomic mass is 35.5. The van der Waals surface area contributed by atoms with E-state index in [0.29, 0.717) is 23.7 Å². The summed E-state index contributed by atoms with van der Waals surface area (Å²) in [6, 6.07) is 11.5. The molecule has 0 radical (unpaired) electrons. The van der Waals surface area contributed by atoms with E-state index in [4.69, 9.17) is 11.6 Å². The molecule has 1 fully saturated rings. The van der Waals surface area contributed by atoms with Crippen molar-refractivity contribution < 1.29 is 4.79 Å². The van der Waals surface area contributed by atoms with Gasteiger partial charge in [0.1, 0.15) is 0 Å². The molecular formula is C21H22ClN5O. The van der Waals surface area contributed by atoms with Gasteiger partial charge in [-0.1, -0.05) is 23.7 Å². The molecule has 28 heavy (non-hydrogen) atoms. The van der Waals surface area contributed by atoms with E-state index < -0.39 is 0 Å². The largest absolute Gasteiger partial charge is 0.336 e. The number of carbonyl (C=O) groups is 1. The van der Waals surface area contributed by atoms with Gasteiger partial charge in [0.15, 0.2) is 0 Å². The van der Waals surface area contributed by atoms with E-state index in [-0.39, 0.29) is 5.91 Å². The van der Waals surface area contributed by atoms with Crippen molar-refractivity contribution in [2.24, 2.45) is 0 Å². The van der Waals surface area contributed by atoms with Crippen LogP contribution in [0.25, 0.3) is 5.69 Å². The molecule has 144 valence electrons. The first-order valence-corrected chi connectivity index (χ1v) is 9.71. The number of hydrogen-bond donors (Lipinski definition) is 0. The van der Waals surface area contributed by atoms with Crippen LogP contribution in [0.15, 0.2) is 55.0 Å². The third-order valence-corrected chi connectivity index (χ3v) is 5.32. The molecule has 0 atom stereocenters. The molecule has 3 aromatic rings. The summed E-state index contributed by atoms with van der Waals surface area (Å²) in [6.07, 6.45) is 5.33. The Hall–Kier alpha value is -2.70. The minimum Gasteiger partial charge on any atom is -0.336 e. The molecule has 1 saturated heterocycles. The molecule has 6 nitrogen and oxygen atoms in total. The van der Waals surface area contributed by atoms with Gasteiger partial charge < -0.3 is 4.90 Å². The fourth-order valence-corrected chi connectivity index (χ4v) is 3.70. The van der Waals surface area contributed by atoms with Gasteiger partial charge in [0.05, 0.1) is 23.1 Å². The van der Waals surface area contributed by atoms with Gasteiger partial charge in [0, 0.05) is 50.1 Å². The molecule has 7 heteroatoms. The Balaban J connectivity index is 1.42. The Morgan fingerprint density at radius 1 is 1.11 bits per heavy atom. The summed E-state index contributed by atoms with van der Waals surface area (Å²) in [4.78, 5) is 21.4. The summed E-state index contributed by atoms with van der Waals surface area (Å²) in [5.74, 6) is 0.0341. The minimum absolute atomic E-state index is 0.0341. The number of aromatic nitrogens is 3. The average Bonchev–Trinajstić information content (AvgIpc) is 3.10. The molecule has 0 unspecified atom stereocenters. The number of piperazine rings is 1. The zero-order valence-electron chi connectivity index (χ0n) is 15.8. The van der Waals surface area contributed by atoms with Crippen LogP contribution in [0.1, 0.15) is 21.6 Å². The van der Waals surface area contributed by atoms with Crippen molar-refractivity contribution in [2.75, 3.05) is 26.2 Å². The normalized spacial score (nSPS) is 15.0. The maximum Gasteiger partial charge on any atom is 0.257 e. The molecule has 0 spiro atoms. The summed E-state index contributed by atoms with van der Waals surface area (Å²) in [6.45, 7) is 5.90. The predicted molar refractivity (Wildman–Crippen MR) is 109 cm³/mol. The molecule has 4 rings (SSSR count). The highest BCUT2D eigenvalue weighted by Crippen LogP contribution is 2.19. The van der Waals surface area contributed by atoms with Gasteiger partial charge in [-0.15, -0.1) is 0 Å². The first-order chi connectivity index (χ1) is 13.6. The molecule has 1 aliphatic heterocycles. The van der Waals surface area contributed by atoms with Gasteiger partial charge in [0.25, 0.3) is 5.91 Å². The van der Waals surface area contributed by atoms with Crippen LogP contribution in [0.2, 0.25) is 5.02 Å². The third kappa shape index (κ3) is 3.93. The summed E-state index contributed by atoms with van der Waals surface area (Å²) in [5, 5.41) is 5.05. The lowest BCUT2D eigenvalue weighted by atomic mass is 10.2. The molecule has 1 aliphatic rings. The lowest BCUT2D eigenvalue weighted by Gasteiger charge is -2.34. The van der Waals surface area contributed by atoms with Gasteiger partial charge in [-0.2, -0.15) is 5.10 Å². The third-order valence-electron chi connectivity index (χ3n) is 5.08. The van der Waals surface area contributed by atoms with Crippen LogP contribution in [0.3, 0.4) is 0 Å². The Labute approximate surface area is 169 Å². The highest BCUT2D eigenvalue weighted by molar-refractivity contribution is 6.30. The number of amides is 1. The zero-order valence-corrected chi connectivity index (χ0v) is 16.5. The molecule has 0 aliphatic carbocycles. The second-order valence-electron chi connectivity index (χ2n) is 6.96. The van der Waals surface area contributed by atoms with Crippen LogP contribution in [0.5, 0.6) is 0 Å². The van der Waals surface area contributed by atoms with Gasteiger partial charge in [-0.25, -0.2) is 4.68 Å². The number of halogens is 1. The predicted octanol–water partition coefficient (Wildman–Crippen LogP) is 3.19. The van der Waals surface area contributed by atoms with E-state index in [0.717, 1.165) is 31.0 Å². The van der Waals surface area contributed by atoms with Gasteiger partial charge in [-0.05, 0) is 36.8 Å². The Kier molecular flexibility index (Phi) is 5.41. The minimum atomic E-state index is 0.0341. The number of rotatable bonds is 4. The van der Waals surface area contributed by atoms with Crippen molar-refractivity contribution in [1.82, 2.24) is 24.6 Å². The molecule has 1 amide bonds. The first-order valence-electron chi connectivity index (χ1n) is 9.33. The SMILES string of the molecule is Cc1c(C(=O)N2CCN(Cc3cccnc3)CC2)cnn1-c1cccc(Cl)c1. The topological polar surface area (TPSA) is 54.3 Å². The van der Waals surface area contributed by atoms with E-state index in [1.54, 1.807) is 17.1 Å². The van der Waals surface area contributed by atoms with E-state index in [1.165, 1.54) is 5.56 Å². The summed E-state index contributed by atoms with van der Waals surface area (Å²) in [7, 11) is 0. The monoisotopic (exact) mass is 395 g/mol. The van der Waals surface area contributed by atoms with Crippen LogP contribution in [-0.2, 0) is 6.54 Å². The van der Waals surface area contributed by atoms with Gasteiger partial charge in [0.2, 0.25) is 0 Å². The van der Waals surface area contributed by atoms with Gasteiger partial charge in [-0.3, -0.25) is 14.7 Å². The molecule has 0 saturated carbocycles. The van der Waals surface area contributed by atoms with Crippen molar-refractivity contribution in [3.05, 3.63) is 76.8 Å². The van der Waals surface area contributed by atoms with Gasteiger partial charge >= 0.3 is 0 Å². The molecule has 2 aromatic heterocycles. The van der Waals surface area contributed by atoms with E-state index in [1.807, 2.05) is 48.4 Å². The first kappa shape index (κ1) is 18.7. The highest BCUT2D eigenvalue weighted by Gasteiger charge is 2.25. The van der Waals surface area contributed by atoms with E-state index in [2.05, 4.69) is 21.0 Å². The quantitative estimate of drug-likeness (QED) is 0.680. The Morgan fingerprint density at radius 3 is 2.64 bits per heavy atom. The second-order valence-corrected chi connectivity index (χ2v) is 7.40. The zero-order chi connectivity index (χ0) is 19.5.